The molecule has 3 N–H and O–H groups in total. The lowest BCUT2D eigenvalue weighted by Crippen LogP contribution is -2.28. The highest BCUT2D eigenvalue weighted by molar-refractivity contribution is 5.91. The molecule has 1 amide bonds. The standard InChI is InChI=1S/C20H26N2O3/c1-14-5-4-6-16(9-14)13-25-17-7-8-19(15(2)10-17)22-20(23)11-18(12-21)24-3/h4-10,18H,11-13,21H2,1-3H3,(H,22,23). The lowest BCUT2D eigenvalue weighted by atomic mass is 10.1. The van der Waals surface area contributed by atoms with Crippen molar-refractivity contribution in [2.24, 2.45) is 5.73 Å². The Morgan fingerprint density at radius 1 is 1.20 bits per heavy atom. The second kappa shape index (κ2) is 9.20. The molecule has 0 spiro atoms. The number of aryl methyl sites for hydroxylation is 2. The van der Waals surface area contributed by atoms with Crippen LogP contribution in [0.5, 0.6) is 5.75 Å². The molecule has 2 aromatic rings. The number of nitrogens with one attached hydrogen (secondary N) is 1. The van der Waals surface area contributed by atoms with Crippen molar-refractivity contribution in [3.63, 3.8) is 0 Å². The summed E-state index contributed by atoms with van der Waals surface area (Å²) in [4.78, 5) is 12.0. The van der Waals surface area contributed by atoms with Gasteiger partial charge in [-0.2, -0.15) is 0 Å². The molecule has 0 aliphatic carbocycles. The van der Waals surface area contributed by atoms with Crippen molar-refractivity contribution >= 4 is 11.6 Å². The molecule has 0 aliphatic heterocycles. The van der Waals surface area contributed by atoms with Crippen molar-refractivity contribution < 1.29 is 14.3 Å². The first-order chi connectivity index (χ1) is 12.0. The van der Waals surface area contributed by atoms with Crippen LogP contribution in [-0.4, -0.2) is 25.7 Å². The summed E-state index contributed by atoms with van der Waals surface area (Å²) >= 11 is 0. The van der Waals surface area contributed by atoms with Gasteiger partial charge in [0.2, 0.25) is 5.91 Å². The van der Waals surface area contributed by atoms with Crippen molar-refractivity contribution in [3.05, 3.63) is 59.2 Å². The average molecular weight is 342 g/mol. The molecule has 134 valence electrons. The lowest BCUT2D eigenvalue weighted by Gasteiger charge is -2.14. The summed E-state index contributed by atoms with van der Waals surface area (Å²) in [6.45, 7) is 4.82. The first kappa shape index (κ1) is 19.0. The first-order valence-electron chi connectivity index (χ1n) is 8.33. The fourth-order valence-corrected chi connectivity index (χ4v) is 2.51. The fourth-order valence-electron chi connectivity index (χ4n) is 2.51. The SMILES string of the molecule is COC(CN)CC(=O)Nc1ccc(OCc2cccc(C)c2)cc1C. The molecule has 25 heavy (non-hydrogen) atoms. The second-order valence-corrected chi connectivity index (χ2v) is 6.10. The number of hydrogen-bond acceptors (Lipinski definition) is 4. The van der Waals surface area contributed by atoms with Gasteiger partial charge in [0, 0.05) is 19.3 Å². The predicted molar refractivity (Wildman–Crippen MR) is 99.8 cm³/mol. The number of amides is 1. The zero-order valence-electron chi connectivity index (χ0n) is 15.0. The van der Waals surface area contributed by atoms with Crippen LogP contribution in [0.1, 0.15) is 23.1 Å². The molecule has 0 saturated carbocycles. The molecule has 2 rings (SSSR count). The number of ether oxygens (including phenoxy) is 2. The van der Waals surface area contributed by atoms with Gasteiger partial charge in [-0.05, 0) is 43.2 Å². The van der Waals surface area contributed by atoms with Gasteiger partial charge in [0.25, 0.3) is 0 Å². The van der Waals surface area contributed by atoms with Gasteiger partial charge in [0.1, 0.15) is 12.4 Å². The van der Waals surface area contributed by atoms with Crippen LogP contribution in [0, 0.1) is 13.8 Å². The van der Waals surface area contributed by atoms with E-state index in [1.807, 2.05) is 37.3 Å². The van der Waals surface area contributed by atoms with E-state index < -0.39 is 0 Å². The van der Waals surface area contributed by atoms with Crippen LogP contribution in [0.25, 0.3) is 0 Å². The van der Waals surface area contributed by atoms with Crippen molar-refractivity contribution in [3.8, 4) is 5.75 Å². The molecule has 0 aliphatic rings. The third-order valence-electron chi connectivity index (χ3n) is 3.97. The van der Waals surface area contributed by atoms with Crippen LogP contribution in [-0.2, 0) is 16.1 Å². The molecular formula is C20H26N2O3. The number of benzene rings is 2. The summed E-state index contributed by atoms with van der Waals surface area (Å²) in [5.41, 5.74) is 9.59. The maximum absolute atomic E-state index is 12.0. The van der Waals surface area contributed by atoms with E-state index in [1.165, 1.54) is 5.56 Å². The maximum Gasteiger partial charge on any atom is 0.227 e. The van der Waals surface area contributed by atoms with Crippen molar-refractivity contribution in [2.75, 3.05) is 19.0 Å². The molecule has 0 aromatic heterocycles. The number of rotatable bonds is 8. The van der Waals surface area contributed by atoms with Crippen molar-refractivity contribution in [2.45, 2.75) is 33.0 Å². The van der Waals surface area contributed by atoms with Gasteiger partial charge < -0.3 is 20.5 Å². The largest absolute Gasteiger partial charge is 0.489 e. The topological polar surface area (TPSA) is 73.6 Å². The number of carbonyl (C=O) groups is 1. The van der Waals surface area contributed by atoms with E-state index >= 15 is 0 Å². The molecule has 0 heterocycles. The Labute approximate surface area is 149 Å². The second-order valence-electron chi connectivity index (χ2n) is 6.10. The fraction of sp³-hybridized carbons (Fsp3) is 0.350. The van der Waals surface area contributed by atoms with Gasteiger partial charge in [-0.3, -0.25) is 4.79 Å². The Morgan fingerprint density at radius 3 is 2.64 bits per heavy atom. The summed E-state index contributed by atoms with van der Waals surface area (Å²) < 4.78 is 11.0. The minimum atomic E-state index is -0.266. The Hall–Kier alpha value is -2.37. The molecule has 5 nitrogen and oxygen atoms in total. The summed E-state index contributed by atoms with van der Waals surface area (Å²) in [7, 11) is 1.55. The smallest absolute Gasteiger partial charge is 0.227 e. The third-order valence-corrected chi connectivity index (χ3v) is 3.97. The Bertz CT molecular complexity index is 712. The number of anilines is 1. The quantitative estimate of drug-likeness (QED) is 0.773. The molecule has 0 bridgehead atoms. The summed E-state index contributed by atoms with van der Waals surface area (Å²) in [5, 5.41) is 2.89. The van der Waals surface area contributed by atoms with Gasteiger partial charge in [-0.15, -0.1) is 0 Å². The lowest BCUT2D eigenvalue weighted by molar-refractivity contribution is -0.118. The van der Waals surface area contributed by atoms with E-state index in [0.717, 1.165) is 22.6 Å². The third kappa shape index (κ3) is 5.89. The van der Waals surface area contributed by atoms with Gasteiger partial charge in [0.05, 0.1) is 12.5 Å². The highest BCUT2D eigenvalue weighted by atomic mass is 16.5. The Balaban J connectivity index is 1.94. The predicted octanol–water partition coefficient (Wildman–Crippen LogP) is 3.18. The van der Waals surface area contributed by atoms with E-state index in [0.29, 0.717) is 13.2 Å². The van der Waals surface area contributed by atoms with Gasteiger partial charge in [-0.25, -0.2) is 0 Å². The number of hydrogen-bond donors (Lipinski definition) is 2. The summed E-state index contributed by atoms with van der Waals surface area (Å²) in [5.74, 6) is 0.655. The molecule has 0 fully saturated rings. The van der Waals surface area contributed by atoms with Crippen LogP contribution in [0.4, 0.5) is 5.69 Å². The van der Waals surface area contributed by atoms with E-state index in [9.17, 15) is 4.79 Å². The maximum atomic E-state index is 12.0. The molecule has 2 aromatic carbocycles. The highest BCUT2D eigenvalue weighted by Gasteiger charge is 2.12. The molecule has 1 unspecified atom stereocenters. The van der Waals surface area contributed by atoms with E-state index in [-0.39, 0.29) is 18.4 Å². The summed E-state index contributed by atoms with van der Waals surface area (Å²) in [6.07, 6.45) is -0.0323. The first-order valence-corrected chi connectivity index (χ1v) is 8.33. The van der Waals surface area contributed by atoms with Crippen molar-refractivity contribution in [1.29, 1.82) is 0 Å². The Morgan fingerprint density at radius 2 is 2.00 bits per heavy atom. The molecule has 0 saturated heterocycles. The van der Waals surface area contributed by atoms with Crippen LogP contribution < -0.4 is 15.8 Å². The van der Waals surface area contributed by atoms with Gasteiger partial charge >= 0.3 is 0 Å². The number of nitrogens with two attached hydrogens (primary N) is 1. The van der Waals surface area contributed by atoms with Crippen LogP contribution >= 0.6 is 0 Å². The number of carbonyl (C=O) groups excluding carboxylic acids is 1. The minimum absolute atomic E-state index is 0.117. The van der Waals surface area contributed by atoms with Gasteiger partial charge in [0.15, 0.2) is 0 Å². The van der Waals surface area contributed by atoms with Crippen LogP contribution in [0.3, 0.4) is 0 Å². The Kier molecular flexibility index (Phi) is 6.98. The van der Waals surface area contributed by atoms with Gasteiger partial charge in [-0.1, -0.05) is 29.8 Å². The van der Waals surface area contributed by atoms with E-state index in [2.05, 4.69) is 24.4 Å². The van der Waals surface area contributed by atoms with Crippen molar-refractivity contribution in [1.82, 2.24) is 0 Å². The zero-order chi connectivity index (χ0) is 18.2. The normalized spacial score (nSPS) is 11.8. The minimum Gasteiger partial charge on any atom is -0.489 e. The number of methoxy groups -OCH3 is 1. The van der Waals surface area contributed by atoms with Crippen LogP contribution in [0.2, 0.25) is 0 Å². The molecule has 1 atom stereocenters. The van der Waals surface area contributed by atoms with E-state index in [1.54, 1.807) is 7.11 Å². The molecular weight excluding hydrogens is 316 g/mol. The molecule has 5 heteroatoms. The van der Waals surface area contributed by atoms with Crippen LogP contribution in [0.15, 0.2) is 42.5 Å². The molecule has 0 radical (unpaired) electrons. The summed E-state index contributed by atoms with van der Waals surface area (Å²) in [6, 6.07) is 13.8. The zero-order valence-corrected chi connectivity index (χ0v) is 15.0. The van der Waals surface area contributed by atoms with E-state index in [4.69, 9.17) is 15.2 Å². The highest BCUT2D eigenvalue weighted by Crippen LogP contribution is 2.22. The average Bonchev–Trinajstić information content (AvgIpc) is 2.60. The monoisotopic (exact) mass is 342 g/mol.